The van der Waals surface area contributed by atoms with E-state index in [1.807, 2.05) is 44.2 Å². The van der Waals surface area contributed by atoms with Crippen LogP contribution in [-0.4, -0.2) is 47.4 Å². The highest BCUT2D eigenvalue weighted by molar-refractivity contribution is 6.08. The van der Waals surface area contributed by atoms with Crippen LogP contribution in [-0.2, 0) is 25.7 Å². The number of esters is 1. The molecule has 2 N–H and O–H groups in total. The molecule has 0 aliphatic carbocycles. The first-order valence-corrected chi connectivity index (χ1v) is 9.52. The van der Waals surface area contributed by atoms with E-state index in [0.29, 0.717) is 19.4 Å². The lowest BCUT2D eigenvalue weighted by molar-refractivity contribution is -0.151. The van der Waals surface area contributed by atoms with Crippen molar-refractivity contribution in [3.05, 3.63) is 35.9 Å². The first kappa shape index (κ1) is 21.4. The number of rotatable bonds is 10. The normalized spacial score (nSPS) is 15.3. The summed E-state index contributed by atoms with van der Waals surface area (Å²) < 4.78 is 4.91. The molecule has 2 rings (SSSR count). The Balaban J connectivity index is 1.82. The number of nitrogens with zero attached hydrogens (tertiary/aromatic N) is 1. The molecule has 1 aromatic carbocycles. The molecule has 1 aliphatic heterocycles. The number of urea groups is 1. The predicted octanol–water partition coefficient (Wildman–Crippen LogP) is 1.74. The average Bonchev–Trinajstić information content (AvgIpc) is 2.90. The number of nitrogens with one attached hydrogen (secondary N) is 2. The highest BCUT2D eigenvalue weighted by Gasteiger charge is 2.50. The zero-order valence-corrected chi connectivity index (χ0v) is 16.3. The molecule has 0 saturated carbocycles. The Kier molecular flexibility index (Phi) is 7.54. The Morgan fingerprint density at radius 2 is 1.75 bits per heavy atom. The van der Waals surface area contributed by atoms with Gasteiger partial charge in [0, 0.05) is 6.54 Å². The number of benzene rings is 1. The molecular formula is C20H27N3O5. The number of carbonyl (C=O) groups is 4. The number of imide groups is 1. The molecule has 28 heavy (non-hydrogen) atoms. The molecule has 8 nitrogen and oxygen atoms in total. The van der Waals surface area contributed by atoms with Crippen LogP contribution in [0.4, 0.5) is 4.79 Å². The first-order valence-electron chi connectivity index (χ1n) is 9.52. The van der Waals surface area contributed by atoms with Crippen molar-refractivity contribution in [3.8, 4) is 0 Å². The van der Waals surface area contributed by atoms with Crippen molar-refractivity contribution in [2.45, 2.75) is 51.6 Å². The fourth-order valence-corrected chi connectivity index (χ4v) is 3.31. The Morgan fingerprint density at radius 1 is 1.11 bits per heavy atom. The minimum atomic E-state index is -0.950. The third-order valence-electron chi connectivity index (χ3n) is 4.58. The number of amides is 4. The number of hydrogen-bond acceptors (Lipinski definition) is 5. The van der Waals surface area contributed by atoms with Crippen LogP contribution in [0, 0.1) is 0 Å². The van der Waals surface area contributed by atoms with Gasteiger partial charge in [-0.05, 0) is 18.4 Å². The summed E-state index contributed by atoms with van der Waals surface area (Å²) in [5.74, 6) is -1.67. The Morgan fingerprint density at radius 3 is 2.36 bits per heavy atom. The zero-order chi connectivity index (χ0) is 20.6. The highest BCUT2D eigenvalue weighted by atomic mass is 16.5. The van der Waals surface area contributed by atoms with E-state index < -0.39 is 42.5 Å². The van der Waals surface area contributed by atoms with Crippen molar-refractivity contribution >= 4 is 23.8 Å². The van der Waals surface area contributed by atoms with Crippen LogP contribution in [0.5, 0.6) is 0 Å². The summed E-state index contributed by atoms with van der Waals surface area (Å²) in [6.45, 7) is 3.21. The number of hydrogen-bond donors (Lipinski definition) is 2. The van der Waals surface area contributed by atoms with Crippen LogP contribution in [0.3, 0.4) is 0 Å². The number of ether oxygens (including phenoxy) is 1. The van der Waals surface area contributed by atoms with Gasteiger partial charge in [-0.15, -0.1) is 0 Å². The molecule has 0 atom stereocenters. The van der Waals surface area contributed by atoms with E-state index >= 15 is 0 Å². The van der Waals surface area contributed by atoms with Gasteiger partial charge in [-0.3, -0.25) is 19.3 Å². The van der Waals surface area contributed by atoms with Gasteiger partial charge in [-0.2, -0.15) is 0 Å². The smallest absolute Gasteiger partial charge is 0.326 e. The van der Waals surface area contributed by atoms with Crippen LogP contribution in [0.25, 0.3) is 0 Å². The SMILES string of the molecule is CCCC1(CCC)NC(=O)N(CC(=O)OCC(=O)NCc2ccccc2)C1=O. The molecule has 8 heteroatoms. The van der Waals surface area contributed by atoms with Crippen LogP contribution in [0.2, 0.25) is 0 Å². The van der Waals surface area contributed by atoms with E-state index in [9.17, 15) is 19.2 Å². The predicted molar refractivity (Wildman–Crippen MR) is 102 cm³/mol. The maximum atomic E-state index is 12.7. The lowest BCUT2D eigenvalue weighted by Crippen LogP contribution is -2.47. The molecule has 152 valence electrons. The third kappa shape index (κ3) is 5.31. The maximum absolute atomic E-state index is 12.7. The lowest BCUT2D eigenvalue weighted by Gasteiger charge is -2.25. The molecule has 0 unspecified atom stereocenters. The van der Waals surface area contributed by atoms with E-state index in [1.165, 1.54) is 0 Å². The Bertz CT molecular complexity index is 714. The molecule has 0 aromatic heterocycles. The second kappa shape index (κ2) is 9.87. The summed E-state index contributed by atoms with van der Waals surface area (Å²) in [6.07, 6.45) is 2.48. The topological polar surface area (TPSA) is 105 Å². The highest BCUT2D eigenvalue weighted by Crippen LogP contribution is 2.27. The van der Waals surface area contributed by atoms with Gasteiger partial charge in [0.25, 0.3) is 11.8 Å². The fourth-order valence-electron chi connectivity index (χ4n) is 3.31. The van der Waals surface area contributed by atoms with Gasteiger partial charge in [0.1, 0.15) is 12.1 Å². The Labute approximate surface area is 164 Å². The molecule has 1 heterocycles. The number of carbonyl (C=O) groups excluding carboxylic acids is 4. The van der Waals surface area contributed by atoms with Crippen molar-refractivity contribution in [2.24, 2.45) is 0 Å². The summed E-state index contributed by atoms with van der Waals surface area (Å²) in [5.41, 5.74) is -0.0295. The summed E-state index contributed by atoms with van der Waals surface area (Å²) in [6, 6.07) is 8.72. The van der Waals surface area contributed by atoms with E-state index in [1.54, 1.807) is 0 Å². The Hall–Kier alpha value is -2.90. The second-order valence-electron chi connectivity index (χ2n) is 6.83. The van der Waals surface area contributed by atoms with Gasteiger partial charge in [0.05, 0.1) is 0 Å². The molecule has 0 spiro atoms. The van der Waals surface area contributed by atoms with Crippen LogP contribution in [0.1, 0.15) is 45.1 Å². The van der Waals surface area contributed by atoms with Crippen molar-refractivity contribution in [2.75, 3.05) is 13.2 Å². The van der Waals surface area contributed by atoms with Crippen LogP contribution < -0.4 is 10.6 Å². The molecule has 1 aliphatic rings. The second-order valence-corrected chi connectivity index (χ2v) is 6.83. The molecule has 0 bridgehead atoms. The van der Waals surface area contributed by atoms with Gasteiger partial charge in [0.15, 0.2) is 6.61 Å². The summed E-state index contributed by atoms with van der Waals surface area (Å²) in [5, 5.41) is 5.36. The van der Waals surface area contributed by atoms with Crippen molar-refractivity contribution in [3.63, 3.8) is 0 Å². The van der Waals surface area contributed by atoms with E-state index in [4.69, 9.17) is 4.74 Å². The molecule has 0 radical (unpaired) electrons. The van der Waals surface area contributed by atoms with Gasteiger partial charge in [-0.1, -0.05) is 57.0 Å². The van der Waals surface area contributed by atoms with Gasteiger partial charge in [0.2, 0.25) is 0 Å². The molecule has 1 aromatic rings. The van der Waals surface area contributed by atoms with Crippen LogP contribution in [0.15, 0.2) is 30.3 Å². The molecule has 1 saturated heterocycles. The third-order valence-corrected chi connectivity index (χ3v) is 4.58. The van der Waals surface area contributed by atoms with E-state index in [2.05, 4.69) is 10.6 Å². The van der Waals surface area contributed by atoms with Gasteiger partial charge in [-0.25, -0.2) is 4.79 Å². The van der Waals surface area contributed by atoms with Crippen molar-refractivity contribution in [1.29, 1.82) is 0 Å². The first-order chi connectivity index (χ1) is 13.4. The zero-order valence-electron chi connectivity index (χ0n) is 16.3. The largest absolute Gasteiger partial charge is 0.454 e. The van der Waals surface area contributed by atoms with Gasteiger partial charge < -0.3 is 15.4 Å². The fraction of sp³-hybridized carbons (Fsp3) is 0.500. The average molecular weight is 389 g/mol. The summed E-state index contributed by atoms with van der Waals surface area (Å²) in [7, 11) is 0. The van der Waals surface area contributed by atoms with Crippen molar-refractivity contribution in [1.82, 2.24) is 15.5 Å². The quantitative estimate of drug-likeness (QED) is 0.468. The standard InChI is InChI=1S/C20H27N3O5/c1-3-10-20(11-4-2)18(26)23(19(27)22-20)13-17(25)28-14-16(24)21-12-15-8-6-5-7-9-15/h5-9H,3-4,10-14H2,1-2H3,(H,21,24)(H,22,27). The summed E-state index contributed by atoms with van der Waals surface area (Å²) >= 11 is 0. The molecule has 4 amide bonds. The molecule has 1 fully saturated rings. The van der Waals surface area contributed by atoms with Crippen molar-refractivity contribution < 1.29 is 23.9 Å². The lowest BCUT2D eigenvalue weighted by atomic mass is 9.88. The minimum Gasteiger partial charge on any atom is -0.454 e. The summed E-state index contributed by atoms with van der Waals surface area (Å²) in [4.78, 5) is 49.6. The monoisotopic (exact) mass is 389 g/mol. The van der Waals surface area contributed by atoms with Gasteiger partial charge >= 0.3 is 12.0 Å². The molecular weight excluding hydrogens is 362 g/mol. The van der Waals surface area contributed by atoms with E-state index in [-0.39, 0.29) is 0 Å². The van der Waals surface area contributed by atoms with E-state index in [0.717, 1.165) is 23.3 Å². The van der Waals surface area contributed by atoms with Crippen LogP contribution >= 0.6 is 0 Å². The maximum Gasteiger partial charge on any atom is 0.326 e. The minimum absolute atomic E-state index is 0.320.